The first-order valence-electron chi connectivity index (χ1n) is 9.81. The van der Waals surface area contributed by atoms with Gasteiger partial charge in [0.25, 0.3) is 0 Å². The van der Waals surface area contributed by atoms with Crippen molar-refractivity contribution in [1.82, 2.24) is 0 Å². The molecule has 2 rings (SSSR count). The van der Waals surface area contributed by atoms with Gasteiger partial charge in [-0.25, -0.2) is 13.2 Å². The molecular formula is C23H27ClO4S. The molecule has 1 unspecified atom stereocenters. The molecule has 4 nitrogen and oxygen atoms in total. The van der Waals surface area contributed by atoms with E-state index in [0.29, 0.717) is 21.9 Å². The summed E-state index contributed by atoms with van der Waals surface area (Å²) in [4.78, 5) is 12.7. The van der Waals surface area contributed by atoms with Crippen LogP contribution in [0.2, 0.25) is 5.02 Å². The van der Waals surface area contributed by atoms with Crippen LogP contribution < -0.4 is 0 Å². The maximum atomic E-state index is 12.4. The van der Waals surface area contributed by atoms with Gasteiger partial charge < -0.3 is 4.74 Å². The molecule has 0 amide bonds. The van der Waals surface area contributed by atoms with E-state index in [9.17, 15) is 13.2 Å². The number of carbonyl (C=O) groups excluding carboxylic acids is 1. The first-order chi connectivity index (χ1) is 13.9. The summed E-state index contributed by atoms with van der Waals surface area (Å²) in [6, 6.07) is 14.9. The molecule has 0 saturated heterocycles. The number of hydrogen-bond acceptors (Lipinski definition) is 4. The third kappa shape index (κ3) is 8.03. The van der Waals surface area contributed by atoms with Gasteiger partial charge in [0.15, 0.2) is 9.84 Å². The van der Waals surface area contributed by atoms with Crippen LogP contribution >= 0.6 is 11.6 Å². The molecule has 0 aromatic heterocycles. The zero-order valence-corrected chi connectivity index (χ0v) is 18.2. The summed E-state index contributed by atoms with van der Waals surface area (Å²) in [7, 11) is -3.36. The molecule has 0 spiro atoms. The molecule has 156 valence electrons. The summed E-state index contributed by atoms with van der Waals surface area (Å²) in [5, 5.41) is 0.559. The number of halogens is 1. The van der Waals surface area contributed by atoms with Gasteiger partial charge in [0.1, 0.15) is 6.10 Å². The van der Waals surface area contributed by atoms with Gasteiger partial charge in [-0.05, 0) is 49.2 Å². The van der Waals surface area contributed by atoms with Crippen molar-refractivity contribution in [2.24, 2.45) is 0 Å². The standard InChI is InChI=1S/C23H27ClO4S/c1-2-3-5-10-21(28-23(25)19-14-16-20(24)17-15-19)11-8-9-18-29(26,27)22-12-6-4-7-13-22/h4,6-9,12-17,21H,2-3,5,10-11,18H2,1H3/b9-8+. The molecule has 2 aromatic carbocycles. The highest BCUT2D eigenvalue weighted by Crippen LogP contribution is 2.16. The normalized spacial score (nSPS) is 12.8. The molecule has 0 saturated carbocycles. The highest BCUT2D eigenvalue weighted by atomic mass is 35.5. The van der Waals surface area contributed by atoms with Crippen molar-refractivity contribution >= 4 is 27.4 Å². The van der Waals surface area contributed by atoms with Gasteiger partial charge >= 0.3 is 5.97 Å². The van der Waals surface area contributed by atoms with E-state index in [1.807, 2.05) is 0 Å². The topological polar surface area (TPSA) is 60.4 Å². The number of rotatable bonds is 11. The number of esters is 1. The quantitative estimate of drug-likeness (QED) is 0.252. The molecule has 0 bridgehead atoms. The number of benzene rings is 2. The third-order valence-electron chi connectivity index (χ3n) is 4.47. The van der Waals surface area contributed by atoms with Crippen LogP contribution in [0.15, 0.2) is 71.6 Å². The predicted molar refractivity (Wildman–Crippen MR) is 117 cm³/mol. The number of hydrogen-bond donors (Lipinski definition) is 0. The van der Waals surface area contributed by atoms with Crippen molar-refractivity contribution in [2.45, 2.75) is 50.0 Å². The Morgan fingerprint density at radius 1 is 1.03 bits per heavy atom. The smallest absolute Gasteiger partial charge is 0.338 e. The van der Waals surface area contributed by atoms with Crippen LogP contribution in [0, 0.1) is 0 Å². The lowest BCUT2D eigenvalue weighted by Crippen LogP contribution is -2.18. The molecule has 0 N–H and O–H groups in total. The second kappa shape index (κ2) is 11.8. The van der Waals surface area contributed by atoms with Gasteiger partial charge in [0, 0.05) is 11.4 Å². The SMILES string of the molecule is CCCCCC(C/C=C/CS(=O)(=O)c1ccccc1)OC(=O)c1ccc(Cl)cc1. The predicted octanol–water partition coefficient (Wildman–Crippen LogP) is 5.87. The van der Waals surface area contributed by atoms with E-state index in [0.717, 1.165) is 25.7 Å². The highest BCUT2D eigenvalue weighted by Gasteiger charge is 2.16. The monoisotopic (exact) mass is 434 g/mol. The van der Waals surface area contributed by atoms with Crippen molar-refractivity contribution in [1.29, 1.82) is 0 Å². The minimum absolute atomic E-state index is 0.0795. The van der Waals surface area contributed by atoms with E-state index in [2.05, 4.69) is 6.92 Å². The number of unbranched alkanes of at least 4 members (excludes halogenated alkanes) is 2. The Morgan fingerprint density at radius 2 is 1.72 bits per heavy atom. The van der Waals surface area contributed by atoms with Gasteiger partial charge in [-0.3, -0.25) is 0 Å². The zero-order valence-electron chi connectivity index (χ0n) is 16.6. The second-order valence-corrected chi connectivity index (χ2v) is 9.30. The van der Waals surface area contributed by atoms with Gasteiger partial charge in [0.2, 0.25) is 0 Å². The maximum Gasteiger partial charge on any atom is 0.338 e. The molecule has 0 aliphatic rings. The fourth-order valence-corrected chi connectivity index (χ4v) is 4.10. The van der Waals surface area contributed by atoms with Crippen molar-refractivity contribution in [2.75, 3.05) is 5.75 Å². The van der Waals surface area contributed by atoms with Crippen LogP contribution in [0.3, 0.4) is 0 Å². The molecule has 0 radical (unpaired) electrons. The van der Waals surface area contributed by atoms with E-state index in [4.69, 9.17) is 16.3 Å². The Labute approximate surface area is 178 Å². The minimum Gasteiger partial charge on any atom is -0.458 e. The van der Waals surface area contributed by atoms with E-state index >= 15 is 0 Å². The zero-order chi connectivity index (χ0) is 21.1. The molecule has 0 aliphatic carbocycles. The van der Waals surface area contributed by atoms with E-state index in [-0.39, 0.29) is 11.9 Å². The molecule has 0 heterocycles. The number of sulfone groups is 1. The van der Waals surface area contributed by atoms with Crippen molar-refractivity contribution in [3.8, 4) is 0 Å². The number of carbonyl (C=O) groups is 1. The van der Waals surface area contributed by atoms with Crippen LogP contribution in [-0.2, 0) is 14.6 Å². The highest BCUT2D eigenvalue weighted by molar-refractivity contribution is 7.91. The molecule has 6 heteroatoms. The second-order valence-electron chi connectivity index (χ2n) is 6.83. The summed E-state index contributed by atoms with van der Waals surface area (Å²) >= 11 is 5.86. The van der Waals surface area contributed by atoms with Crippen molar-refractivity contribution < 1.29 is 17.9 Å². The van der Waals surface area contributed by atoms with E-state index in [1.54, 1.807) is 66.7 Å². The Bertz CT molecular complexity index is 890. The Hall–Kier alpha value is -2.11. The lowest BCUT2D eigenvalue weighted by atomic mass is 10.1. The first kappa shape index (κ1) is 23.2. The Balaban J connectivity index is 1.95. The molecular weight excluding hydrogens is 408 g/mol. The fourth-order valence-electron chi connectivity index (χ4n) is 2.82. The van der Waals surface area contributed by atoms with Crippen molar-refractivity contribution in [3.63, 3.8) is 0 Å². The summed E-state index contributed by atoms with van der Waals surface area (Å²) in [5.74, 6) is -0.474. The Kier molecular flexibility index (Phi) is 9.42. The Morgan fingerprint density at radius 3 is 2.38 bits per heavy atom. The van der Waals surface area contributed by atoms with E-state index < -0.39 is 15.8 Å². The van der Waals surface area contributed by atoms with Gasteiger partial charge in [-0.2, -0.15) is 0 Å². The summed E-state index contributed by atoms with van der Waals surface area (Å²) in [6.45, 7) is 2.11. The minimum atomic E-state index is -3.36. The molecule has 2 aromatic rings. The van der Waals surface area contributed by atoms with Crippen LogP contribution in [0.4, 0.5) is 0 Å². The average Bonchev–Trinajstić information content (AvgIpc) is 2.72. The van der Waals surface area contributed by atoms with E-state index in [1.165, 1.54) is 0 Å². The van der Waals surface area contributed by atoms with Crippen LogP contribution in [0.25, 0.3) is 0 Å². The van der Waals surface area contributed by atoms with Crippen LogP contribution in [-0.4, -0.2) is 26.2 Å². The number of ether oxygens (including phenoxy) is 1. The lowest BCUT2D eigenvalue weighted by Gasteiger charge is -2.16. The van der Waals surface area contributed by atoms with Gasteiger partial charge in [-0.1, -0.05) is 61.7 Å². The summed E-state index contributed by atoms with van der Waals surface area (Å²) in [5.41, 5.74) is 0.450. The first-order valence-corrected chi connectivity index (χ1v) is 11.8. The average molecular weight is 435 g/mol. The maximum absolute atomic E-state index is 12.4. The largest absolute Gasteiger partial charge is 0.458 e. The fraction of sp³-hybridized carbons (Fsp3) is 0.348. The summed E-state index contributed by atoms with van der Waals surface area (Å²) in [6.07, 6.45) is 7.42. The third-order valence-corrected chi connectivity index (χ3v) is 6.34. The van der Waals surface area contributed by atoms with Gasteiger partial charge in [0.05, 0.1) is 16.2 Å². The van der Waals surface area contributed by atoms with Gasteiger partial charge in [-0.15, -0.1) is 0 Å². The summed E-state index contributed by atoms with van der Waals surface area (Å²) < 4.78 is 30.3. The van der Waals surface area contributed by atoms with Crippen molar-refractivity contribution in [3.05, 3.63) is 77.3 Å². The molecule has 29 heavy (non-hydrogen) atoms. The lowest BCUT2D eigenvalue weighted by molar-refractivity contribution is 0.0283. The van der Waals surface area contributed by atoms with Crippen LogP contribution in [0.5, 0.6) is 0 Å². The molecule has 1 atom stereocenters. The molecule has 0 fully saturated rings. The molecule has 0 aliphatic heterocycles. The van der Waals surface area contributed by atoms with Crippen LogP contribution in [0.1, 0.15) is 49.4 Å².